The molecule has 2 aromatic carbocycles. The maximum absolute atomic E-state index is 12.0. The molecule has 0 amide bonds. The molecule has 0 saturated carbocycles. The van der Waals surface area contributed by atoms with E-state index in [0.717, 1.165) is 0 Å². The van der Waals surface area contributed by atoms with Crippen LogP contribution in [0.4, 0.5) is 5.69 Å². The molecule has 0 aliphatic heterocycles. The van der Waals surface area contributed by atoms with Crippen LogP contribution in [-0.2, 0) is 0 Å². The Hall–Kier alpha value is -1.80. The van der Waals surface area contributed by atoms with Crippen LogP contribution in [0.15, 0.2) is 48.5 Å². The van der Waals surface area contributed by atoms with Gasteiger partial charge in [0.15, 0.2) is 5.78 Å². The van der Waals surface area contributed by atoms with E-state index in [4.69, 9.17) is 17.3 Å². The highest BCUT2D eigenvalue weighted by Gasteiger charge is 2.09. The zero-order valence-electron chi connectivity index (χ0n) is 8.48. The summed E-state index contributed by atoms with van der Waals surface area (Å²) in [4.78, 5) is 12.0. The Kier molecular flexibility index (Phi) is 2.93. The molecule has 2 rings (SSSR count). The van der Waals surface area contributed by atoms with Crippen LogP contribution in [0.25, 0.3) is 0 Å². The molecule has 16 heavy (non-hydrogen) atoms. The van der Waals surface area contributed by atoms with Gasteiger partial charge in [-0.15, -0.1) is 0 Å². The number of carbonyl (C=O) groups excluding carboxylic acids is 1. The van der Waals surface area contributed by atoms with E-state index in [1.54, 1.807) is 30.3 Å². The summed E-state index contributed by atoms with van der Waals surface area (Å²) >= 11 is 5.80. The first-order chi connectivity index (χ1) is 7.68. The summed E-state index contributed by atoms with van der Waals surface area (Å²) in [7, 11) is 0. The minimum Gasteiger partial charge on any atom is -0.398 e. The monoisotopic (exact) mass is 231 g/mol. The molecule has 0 radical (unpaired) electrons. The van der Waals surface area contributed by atoms with Crippen LogP contribution in [0.5, 0.6) is 0 Å². The van der Waals surface area contributed by atoms with Crippen molar-refractivity contribution >= 4 is 23.1 Å². The first-order valence-corrected chi connectivity index (χ1v) is 5.21. The SMILES string of the molecule is Nc1cc(C(=O)c2ccccc2)ccc1Cl. The second-order valence-electron chi connectivity index (χ2n) is 3.43. The summed E-state index contributed by atoms with van der Waals surface area (Å²) in [6.45, 7) is 0. The highest BCUT2D eigenvalue weighted by atomic mass is 35.5. The van der Waals surface area contributed by atoms with Crippen molar-refractivity contribution in [1.29, 1.82) is 0 Å². The van der Waals surface area contributed by atoms with Crippen LogP contribution in [0.3, 0.4) is 0 Å². The predicted molar refractivity (Wildman–Crippen MR) is 65.7 cm³/mol. The predicted octanol–water partition coefficient (Wildman–Crippen LogP) is 3.15. The quantitative estimate of drug-likeness (QED) is 0.637. The van der Waals surface area contributed by atoms with Crippen molar-refractivity contribution in [2.75, 3.05) is 5.73 Å². The maximum Gasteiger partial charge on any atom is 0.193 e. The molecule has 0 aliphatic rings. The Bertz CT molecular complexity index is 523. The number of nitrogen functional groups attached to an aromatic ring is 1. The molecular weight excluding hydrogens is 222 g/mol. The minimum atomic E-state index is -0.0519. The summed E-state index contributed by atoms with van der Waals surface area (Å²) in [5.41, 5.74) is 7.26. The van der Waals surface area contributed by atoms with Gasteiger partial charge in [0.2, 0.25) is 0 Å². The molecule has 0 saturated heterocycles. The van der Waals surface area contributed by atoms with Gasteiger partial charge in [0, 0.05) is 11.1 Å². The van der Waals surface area contributed by atoms with Gasteiger partial charge in [-0.1, -0.05) is 41.9 Å². The Morgan fingerprint density at radius 3 is 2.31 bits per heavy atom. The van der Waals surface area contributed by atoms with Crippen LogP contribution in [-0.4, -0.2) is 5.78 Å². The van der Waals surface area contributed by atoms with Gasteiger partial charge in [-0.3, -0.25) is 4.79 Å². The largest absolute Gasteiger partial charge is 0.398 e. The molecule has 0 aromatic heterocycles. The molecule has 2 nitrogen and oxygen atoms in total. The molecule has 80 valence electrons. The standard InChI is InChI=1S/C13H10ClNO/c14-11-7-6-10(8-12(11)15)13(16)9-4-2-1-3-5-9/h1-8H,15H2. The second-order valence-corrected chi connectivity index (χ2v) is 3.84. The van der Waals surface area contributed by atoms with Gasteiger partial charge in [-0.05, 0) is 18.2 Å². The number of hydrogen-bond donors (Lipinski definition) is 1. The van der Waals surface area contributed by atoms with Crippen LogP contribution < -0.4 is 5.73 Å². The molecule has 0 atom stereocenters. The van der Waals surface area contributed by atoms with E-state index >= 15 is 0 Å². The van der Waals surface area contributed by atoms with Gasteiger partial charge in [0.25, 0.3) is 0 Å². The maximum atomic E-state index is 12.0. The molecule has 0 heterocycles. The first-order valence-electron chi connectivity index (χ1n) is 4.83. The van der Waals surface area contributed by atoms with E-state index in [2.05, 4.69) is 0 Å². The van der Waals surface area contributed by atoms with Gasteiger partial charge in [-0.25, -0.2) is 0 Å². The average Bonchev–Trinajstić information content (AvgIpc) is 2.33. The molecule has 0 spiro atoms. The van der Waals surface area contributed by atoms with Crippen LogP contribution in [0.1, 0.15) is 15.9 Å². The molecule has 0 unspecified atom stereocenters. The Balaban J connectivity index is 2.39. The van der Waals surface area contributed by atoms with Gasteiger partial charge >= 0.3 is 0 Å². The number of carbonyl (C=O) groups is 1. The topological polar surface area (TPSA) is 43.1 Å². The Morgan fingerprint density at radius 1 is 1.00 bits per heavy atom. The molecule has 0 bridgehead atoms. The highest BCUT2D eigenvalue weighted by molar-refractivity contribution is 6.33. The van der Waals surface area contributed by atoms with E-state index < -0.39 is 0 Å². The lowest BCUT2D eigenvalue weighted by Crippen LogP contribution is -2.01. The fraction of sp³-hybridized carbons (Fsp3) is 0. The van der Waals surface area contributed by atoms with Gasteiger partial charge in [0.1, 0.15) is 0 Å². The van der Waals surface area contributed by atoms with Gasteiger partial charge in [0.05, 0.1) is 10.7 Å². The zero-order chi connectivity index (χ0) is 11.5. The zero-order valence-corrected chi connectivity index (χ0v) is 9.24. The van der Waals surface area contributed by atoms with Crippen molar-refractivity contribution in [3.63, 3.8) is 0 Å². The van der Waals surface area contributed by atoms with Crippen LogP contribution in [0, 0.1) is 0 Å². The van der Waals surface area contributed by atoms with Gasteiger partial charge in [-0.2, -0.15) is 0 Å². The normalized spacial score (nSPS) is 10.1. The smallest absolute Gasteiger partial charge is 0.193 e. The third kappa shape index (κ3) is 2.07. The average molecular weight is 232 g/mol. The summed E-state index contributed by atoms with van der Waals surface area (Å²) in [6.07, 6.45) is 0. The van der Waals surface area contributed by atoms with E-state index in [0.29, 0.717) is 21.8 Å². The van der Waals surface area contributed by atoms with Crippen molar-refractivity contribution in [3.05, 3.63) is 64.7 Å². The first kappa shape index (κ1) is 10.7. The summed E-state index contributed by atoms with van der Waals surface area (Å²) in [5.74, 6) is -0.0519. The molecule has 2 aromatic rings. The lowest BCUT2D eigenvalue weighted by atomic mass is 10.0. The highest BCUT2D eigenvalue weighted by Crippen LogP contribution is 2.21. The Labute approximate surface area is 98.7 Å². The number of anilines is 1. The van der Waals surface area contributed by atoms with Crippen LogP contribution in [0.2, 0.25) is 5.02 Å². The summed E-state index contributed by atoms with van der Waals surface area (Å²) < 4.78 is 0. The van der Waals surface area contributed by atoms with Gasteiger partial charge < -0.3 is 5.73 Å². The molecule has 0 fully saturated rings. The lowest BCUT2D eigenvalue weighted by molar-refractivity contribution is 0.103. The second kappa shape index (κ2) is 4.37. The molecule has 2 N–H and O–H groups in total. The van der Waals surface area contributed by atoms with E-state index in [9.17, 15) is 4.79 Å². The van der Waals surface area contributed by atoms with E-state index in [-0.39, 0.29) is 5.78 Å². The third-order valence-corrected chi connectivity index (χ3v) is 2.64. The van der Waals surface area contributed by atoms with E-state index in [1.165, 1.54) is 0 Å². The number of hydrogen-bond acceptors (Lipinski definition) is 2. The number of benzene rings is 2. The fourth-order valence-corrected chi connectivity index (χ4v) is 1.56. The number of nitrogens with two attached hydrogens (primary N) is 1. The molecule has 0 aliphatic carbocycles. The molecule has 3 heteroatoms. The number of rotatable bonds is 2. The number of ketones is 1. The minimum absolute atomic E-state index is 0.0519. The van der Waals surface area contributed by atoms with Crippen molar-refractivity contribution in [2.45, 2.75) is 0 Å². The van der Waals surface area contributed by atoms with E-state index in [1.807, 2.05) is 18.2 Å². The third-order valence-electron chi connectivity index (χ3n) is 2.29. The lowest BCUT2D eigenvalue weighted by Gasteiger charge is -2.03. The molecular formula is C13H10ClNO. The summed E-state index contributed by atoms with van der Waals surface area (Å²) in [6, 6.07) is 14.0. The number of halogens is 1. The van der Waals surface area contributed by atoms with Crippen molar-refractivity contribution < 1.29 is 4.79 Å². The van der Waals surface area contributed by atoms with Crippen molar-refractivity contribution in [3.8, 4) is 0 Å². The van der Waals surface area contributed by atoms with Crippen LogP contribution >= 0.6 is 11.6 Å². The summed E-state index contributed by atoms with van der Waals surface area (Å²) in [5, 5.41) is 0.463. The van der Waals surface area contributed by atoms with Crippen molar-refractivity contribution in [1.82, 2.24) is 0 Å². The Morgan fingerprint density at radius 2 is 1.69 bits per heavy atom. The fourth-order valence-electron chi connectivity index (χ4n) is 1.44. The van der Waals surface area contributed by atoms with Crippen molar-refractivity contribution in [2.24, 2.45) is 0 Å².